The van der Waals surface area contributed by atoms with Crippen LogP contribution in [0.25, 0.3) is 0 Å². The molecule has 0 saturated heterocycles. The smallest absolute Gasteiger partial charge is 0.340 e. The molecule has 0 aliphatic heterocycles. The summed E-state index contributed by atoms with van der Waals surface area (Å²) >= 11 is 0. The summed E-state index contributed by atoms with van der Waals surface area (Å²) in [6, 6.07) is 0. The maximum atomic E-state index is 11.5. The second-order valence-electron chi connectivity index (χ2n) is 5.23. The molecule has 0 radical (unpaired) electrons. The van der Waals surface area contributed by atoms with Gasteiger partial charge in [-0.1, -0.05) is 20.4 Å². The van der Waals surface area contributed by atoms with E-state index in [0.717, 1.165) is 0 Å². The minimum absolute atomic E-state index is 0.0648. The highest BCUT2D eigenvalue weighted by Gasteiger charge is 2.28. The molecule has 4 N–H and O–H groups in total. The number of quaternary nitrogens is 1. The van der Waals surface area contributed by atoms with Gasteiger partial charge in [-0.25, -0.2) is 4.79 Å². The van der Waals surface area contributed by atoms with Crippen LogP contribution in [0.5, 0.6) is 0 Å². The van der Waals surface area contributed by atoms with Gasteiger partial charge in [-0.2, -0.15) is 0 Å². The van der Waals surface area contributed by atoms with Crippen LogP contribution in [0.4, 0.5) is 0 Å². The second-order valence-corrected chi connectivity index (χ2v) is 5.23. The Balaban J connectivity index is 0. The molecule has 0 bridgehead atoms. The van der Waals surface area contributed by atoms with Crippen molar-refractivity contribution in [1.82, 2.24) is 0 Å². The van der Waals surface area contributed by atoms with Crippen LogP contribution in [0.2, 0.25) is 0 Å². The molecule has 126 valence electrons. The number of rotatable bonds is 6. The predicted molar refractivity (Wildman–Crippen MR) is 78.0 cm³/mol. The Morgan fingerprint density at radius 3 is 1.91 bits per heavy atom. The summed E-state index contributed by atoms with van der Waals surface area (Å²) in [5.41, 5.74) is 4.53. The fraction of sp³-hybridized carbons (Fsp3) is 0.533. The van der Waals surface area contributed by atoms with Crippen molar-refractivity contribution in [3.05, 3.63) is 23.4 Å². The third-order valence-electron chi connectivity index (χ3n) is 2.59. The van der Waals surface area contributed by atoms with Gasteiger partial charge < -0.3 is 25.5 Å². The van der Waals surface area contributed by atoms with Crippen LogP contribution in [0.1, 0.15) is 34.1 Å². The minimum atomic E-state index is -1.19. The summed E-state index contributed by atoms with van der Waals surface area (Å²) in [6.45, 7) is 9.89. The Hall–Kier alpha value is -2.15. The minimum Gasteiger partial charge on any atom is -0.545 e. The van der Waals surface area contributed by atoms with Gasteiger partial charge in [-0.3, -0.25) is 4.79 Å². The first kappa shape index (κ1) is 22.1. The Labute approximate surface area is 130 Å². The Morgan fingerprint density at radius 1 is 1.27 bits per heavy atom. The van der Waals surface area contributed by atoms with E-state index in [0.29, 0.717) is 18.0 Å². The molecule has 0 saturated carbocycles. The molecule has 0 aliphatic carbocycles. The van der Waals surface area contributed by atoms with Gasteiger partial charge >= 0.3 is 11.9 Å². The number of ether oxygens (including phenoxy) is 1. The molecule has 1 unspecified atom stereocenters. The first-order chi connectivity index (χ1) is 9.95. The molecule has 0 aromatic heterocycles. The predicted octanol–water partition coefficient (Wildman–Crippen LogP) is -0.265. The number of allylic oxidation sites excluding steroid dienone is 1. The molecular formula is C15H25NO6. The number of carboxylic acid groups (broad SMARTS) is 2. The van der Waals surface area contributed by atoms with Crippen molar-refractivity contribution in [3.8, 4) is 0 Å². The maximum Gasteiger partial charge on any atom is 0.340 e. The quantitative estimate of drug-likeness (QED) is 0.512. The summed E-state index contributed by atoms with van der Waals surface area (Å²) in [7, 11) is 1.24. The summed E-state index contributed by atoms with van der Waals surface area (Å²) in [4.78, 5) is 31.9. The monoisotopic (exact) mass is 315 g/mol. The lowest BCUT2D eigenvalue weighted by atomic mass is 9.95. The molecule has 0 fully saturated rings. The standard InChI is InChI=1S/C11H19NO4.C4H6O2/c1-6(2)5-8(12)9(11(15)16-4)7(3)10(13)14;1-3(2)4(5)6/h6-7H,5,12H2,1-4H3,(H,13,14);1H2,2H3,(H,5,6). The molecular weight excluding hydrogens is 290 g/mol. The van der Waals surface area contributed by atoms with E-state index in [1.165, 1.54) is 21.0 Å². The van der Waals surface area contributed by atoms with Crippen molar-refractivity contribution in [2.75, 3.05) is 7.11 Å². The van der Waals surface area contributed by atoms with Crippen LogP contribution in [0.3, 0.4) is 0 Å². The van der Waals surface area contributed by atoms with Crippen molar-refractivity contribution in [3.63, 3.8) is 0 Å². The molecule has 0 aliphatic rings. The summed E-state index contributed by atoms with van der Waals surface area (Å²) < 4.78 is 4.59. The normalized spacial score (nSPS) is 12.5. The molecule has 7 heteroatoms. The number of hydrogen-bond acceptors (Lipinski definition) is 5. The van der Waals surface area contributed by atoms with Gasteiger partial charge in [0.2, 0.25) is 0 Å². The average molecular weight is 315 g/mol. The first-order valence-corrected chi connectivity index (χ1v) is 6.68. The van der Waals surface area contributed by atoms with E-state index >= 15 is 0 Å². The molecule has 0 heterocycles. The molecule has 7 nitrogen and oxygen atoms in total. The van der Waals surface area contributed by atoms with E-state index in [9.17, 15) is 19.5 Å². The topological polar surface area (TPSA) is 131 Å². The number of esters is 1. The molecule has 0 aromatic rings. The Morgan fingerprint density at radius 2 is 1.68 bits per heavy atom. The first-order valence-electron chi connectivity index (χ1n) is 6.68. The van der Waals surface area contributed by atoms with E-state index in [1.54, 1.807) is 0 Å². The number of methoxy groups -OCH3 is 1. The van der Waals surface area contributed by atoms with Crippen LogP contribution in [0, 0.1) is 11.8 Å². The highest BCUT2D eigenvalue weighted by molar-refractivity contribution is 5.95. The summed E-state index contributed by atoms with van der Waals surface area (Å²) in [5, 5.41) is 18.4. The Kier molecular flexibility index (Phi) is 10.6. The third kappa shape index (κ3) is 8.91. The fourth-order valence-corrected chi connectivity index (χ4v) is 1.46. The number of carbonyl (C=O) groups excluding carboxylic acids is 2. The highest BCUT2D eigenvalue weighted by atomic mass is 16.5. The second kappa shape index (κ2) is 10.6. The molecule has 0 aromatic carbocycles. The lowest BCUT2D eigenvalue weighted by Gasteiger charge is -2.12. The lowest BCUT2D eigenvalue weighted by molar-refractivity contribution is -0.310. The average Bonchev–Trinajstić information content (AvgIpc) is 2.37. The van der Waals surface area contributed by atoms with Crippen molar-refractivity contribution in [1.29, 1.82) is 0 Å². The van der Waals surface area contributed by atoms with Gasteiger partial charge in [0, 0.05) is 6.42 Å². The van der Waals surface area contributed by atoms with Gasteiger partial charge in [-0.05, 0) is 25.3 Å². The van der Waals surface area contributed by atoms with Gasteiger partial charge in [0.05, 0.1) is 19.0 Å². The van der Waals surface area contributed by atoms with Crippen molar-refractivity contribution in [2.24, 2.45) is 11.8 Å². The van der Waals surface area contributed by atoms with Crippen LogP contribution < -0.4 is 10.8 Å². The van der Waals surface area contributed by atoms with Crippen molar-refractivity contribution in [2.45, 2.75) is 34.1 Å². The summed E-state index contributed by atoms with van der Waals surface area (Å²) in [5.74, 6) is -3.42. The van der Waals surface area contributed by atoms with E-state index < -0.39 is 23.8 Å². The molecule has 0 rings (SSSR count). The van der Waals surface area contributed by atoms with E-state index in [2.05, 4.69) is 17.0 Å². The largest absolute Gasteiger partial charge is 0.545 e. The zero-order valence-corrected chi connectivity index (χ0v) is 13.8. The van der Waals surface area contributed by atoms with E-state index in [4.69, 9.17) is 5.11 Å². The van der Waals surface area contributed by atoms with Crippen LogP contribution in [0.15, 0.2) is 23.4 Å². The van der Waals surface area contributed by atoms with E-state index in [-0.39, 0.29) is 11.1 Å². The third-order valence-corrected chi connectivity index (χ3v) is 2.59. The fourth-order valence-electron chi connectivity index (χ4n) is 1.46. The summed E-state index contributed by atoms with van der Waals surface area (Å²) in [6.07, 6.45) is 0.585. The molecule has 22 heavy (non-hydrogen) atoms. The maximum absolute atomic E-state index is 11.5. The van der Waals surface area contributed by atoms with Gasteiger partial charge in [0.15, 0.2) is 0 Å². The van der Waals surface area contributed by atoms with E-state index in [1.807, 2.05) is 13.8 Å². The molecule has 0 spiro atoms. The zero-order valence-electron chi connectivity index (χ0n) is 13.8. The number of aliphatic carboxylic acids is 2. The Bertz CT molecular complexity index is 453. The van der Waals surface area contributed by atoms with Crippen molar-refractivity contribution >= 4 is 17.9 Å². The molecule has 1 atom stereocenters. The number of carbonyl (C=O) groups is 3. The lowest BCUT2D eigenvalue weighted by Crippen LogP contribution is -2.50. The zero-order chi connectivity index (χ0) is 18.0. The van der Waals surface area contributed by atoms with Gasteiger partial charge in [0.1, 0.15) is 11.3 Å². The van der Waals surface area contributed by atoms with Crippen LogP contribution in [-0.2, 0) is 19.1 Å². The van der Waals surface area contributed by atoms with Crippen LogP contribution in [-0.4, -0.2) is 30.1 Å². The highest BCUT2D eigenvalue weighted by Crippen LogP contribution is 2.18. The van der Waals surface area contributed by atoms with Gasteiger partial charge in [-0.15, -0.1) is 0 Å². The number of carboxylic acids is 2. The van der Waals surface area contributed by atoms with Crippen molar-refractivity contribution < 1.29 is 35.1 Å². The SMILES string of the molecule is C=C(C)C(=O)[O-].COC(=O)C(=C([NH3+])CC(C)C)C(C)C(=O)O. The van der Waals surface area contributed by atoms with Crippen LogP contribution >= 0.6 is 0 Å². The van der Waals surface area contributed by atoms with Gasteiger partial charge in [0.25, 0.3) is 0 Å². The molecule has 0 amide bonds. The number of hydrogen-bond donors (Lipinski definition) is 2.